The van der Waals surface area contributed by atoms with E-state index in [9.17, 15) is 5.11 Å². The van der Waals surface area contributed by atoms with Gasteiger partial charge in [0.2, 0.25) is 0 Å². The molecule has 2 saturated carbocycles. The second-order valence-electron chi connectivity index (χ2n) is 5.47. The van der Waals surface area contributed by atoms with Gasteiger partial charge in [0, 0.05) is 5.92 Å². The Kier molecular flexibility index (Phi) is 4.72. The van der Waals surface area contributed by atoms with Crippen molar-refractivity contribution in [1.29, 1.82) is 0 Å². The van der Waals surface area contributed by atoms with Crippen LogP contribution in [0.2, 0.25) is 0 Å². The predicted octanol–water partition coefficient (Wildman–Crippen LogP) is 3.51. The molecule has 2 aliphatic rings. The van der Waals surface area contributed by atoms with E-state index in [4.69, 9.17) is 0 Å². The van der Waals surface area contributed by atoms with Crippen LogP contribution in [0, 0.1) is 23.7 Å². The van der Waals surface area contributed by atoms with E-state index in [0.717, 1.165) is 0 Å². The molecule has 0 unspecified atom stereocenters. The maximum atomic E-state index is 10.0. The summed E-state index contributed by atoms with van der Waals surface area (Å²) in [6.45, 7) is 0. The molecule has 90 valence electrons. The lowest BCUT2D eigenvalue weighted by Crippen LogP contribution is -2.21. The zero-order valence-electron chi connectivity index (χ0n) is 10.3. The average molecular weight is 220 g/mol. The van der Waals surface area contributed by atoms with Gasteiger partial charge < -0.3 is 5.11 Å². The molecule has 2 aliphatic carbocycles. The third-order valence-electron chi connectivity index (χ3n) is 4.14. The first-order chi connectivity index (χ1) is 7.86. The lowest BCUT2D eigenvalue weighted by Gasteiger charge is -2.23. The SMILES string of the molecule is O[C@@H](C#CC1CCCCC1)C1CCCCC1. The lowest BCUT2D eigenvalue weighted by atomic mass is 9.84. The first-order valence-corrected chi connectivity index (χ1v) is 7.05. The van der Waals surface area contributed by atoms with Crippen LogP contribution in [-0.4, -0.2) is 11.2 Å². The maximum absolute atomic E-state index is 10.0. The number of hydrogen-bond acceptors (Lipinski definition) is 1. The van der Waals surface area contributed by atoms with Gasteiger partial charge in [-0.2, -0.15) is 0 Å². The Balaban J connectivity index is 1.80. The van der Waals surface area contributed by atoms with E-state index >= 15 is 0 Å². The second kappa shape index (κ2) is 6.30. The molecule has 1 N–H and O–H groups in total. The summed E-state index contributed by atoms with van der Waals surface area (Å²) >= 11 is 0. The molecule has 2 rings (SSSR count). The standard InChI is InChI=1S/C15H24O/c16-15(14-9-5-2-6-10-14)12-11-13-7-3-1-4-8-13/h13-16H,1-10H2/t15-/m0/s1. The maximum Gasteiger partial charge on any atom is 0.117 e. The molecule has 0 heterocycles. The lowest BCUT2D eigenvalue weighted by molar-refractivity contribution is 0.133. The van der Waals surface area contributed by atoms with E-state index < -0.39 is 0 Å². The molecule has 0 aliphatic heterocycles. The van der Waals surface area contributed by atoms with E-state index in [-0.39, 0.29) is 6.10 Å². The molecule has 0 aromatic heterocycles. The fourth-order valence-electron chi connectivity index (χ4n) is 3.02. The summed E-state index contributed by atoms with van der Waals surface area (Å²) < 4.78 is 0. The normalized spacial score (nSPS) is 25.8. The van der Waals surface area contributed by atoms with Crippen LogP contribution >= 0.6 is 0 Å². The summed E-state index contributed by atoms with van der Waals surface area (Å²) in [6, 6.07) is 0. The third kappa shape index (κ3) is 3.52. The summed E-state index contributed by atoms with van der Waals surface area (Å²) in [7, 11) is 0. The first kappa shape index (κ1) is 12.0. The Hall–Kier alpha value is -0.480. The minimum absolute atomic E-state index is 0.345. The zero-order valence-corrected chi connectivity index (χ0v) is 10.3. The van der Waals surface area contributed by atoms with Gasteiger partial charge in [0.15, 0.2) is 0 Å². The largest absolute Gasteiger partial charge is 0.380 e. The van der Waals surface area contributed by atoms with Gasteiger partial charge in [0.1, 0.15) is 6.10 Å². The van der Waals surface area contributed by atoms with E-state index in [1.54, 1.807) is 0 Å². The minimum Gasteiger partial charge on any atom is -0.380 e. The molecule has 1 heteroatoms. The van der Waals surface area contributed by atoms with Crippen molar-refractivity contribution in [3.63, 3.8) is 0 Å². The van der Waals surface area contributed by atoms with Crippen molar-refractivity contribution in [2.45, 2.75) is 70.3 Å². The third-order valence-corrected chi connectivity index (χ3v) is 4.14. The van der Waals surface area contributed by atoms with Gasteiger partial charge >= 0.3 is 0 Å². The number of aliphatic hydroxyl groups is 1. The highest BCUT2D eigenvalue weighted by atomic mass is 16.3. The van der Waals surface area contributed by atoms with E-state index in [2.05, 4.69) is 11.8 Å². The zero-order chi connectivity index (χ0) is 11.2. The molecule has 1 atom stereocenters. The molecule has 0 saturated heterocycles. The summed E-state index contributed by atoms with van der Waals surface area (Å²) in [4.78, 5) is 0. The molecule has 16 heavy (non-hydrogen) atoms. The van der Waals surface area contributed by atoms with Crippen molar-refractivity contribution in [3.05, 3.63) is 0 Å². The van der Waals surface area contributed by atoms with E-state index in [1.165, 1.54) is 64.2 Å². The smallest absolute Gasteiger partial charge is 0.117 e. The van der Waals surface area contributed by atoms with Crippen molar-refractivity contribution in [1.82, 2.24) is 0 Å². The van der Waals surface area contributed by atoms with Crippen molar-refractivity contribution in [2.24, 2.45) is 11.8 Å². The van der Waals surface area contributed by atoms with Crippen LogP contribution in [0.5, 0.6) is 0 Å². The van der Waals surface area contributed by atoms with Crippen LogP contribution in [0.25, 0.3) is 0 Å². The molecule has 0 aromatic carbocycles. The molecular formula is C15H24O. The number of aliphatic hydroxyl groups excluding tert-OH is 1. The Labute approximate surface area is 99.6 Å². The van der Waals surface area contributed by atoms with Crippen LogP contribution < -0.4 is 0 Å². The van der Waals surface area contributed by atoms with Gasteiger partial charge in [0.25, 0.3) is 0 Å². The van der Waals surface area contributed by atoms with Gasteiger partial charge in [-0.05, 0) is 31.6 Å². The molecule has 1 nitrogen and oxygen atoms in total. The molecular weight excluding hydrogens is 196 g/mol. The topological polar surface area (TPSA) is 20.2 Å². The van der Waals surface area contributed by atoms with Crippen LogP contribution in [0.15, 0.2) is 0 Å². The highest BCUT2D eigenvalue weighted by Gasteiger charge is 2.20. The molecule has 0 aromatic rings. The molecule has 0 spiro atoms. The van der Waals surface area contributed by atoms with Gasteiger partial charge in [-0.15, -0.1) is 0 Å². The highest BCUT2D eigenvalue weighted by molar-refractivity contribution is 5.10. The summed E-state index contributed by atoms with van der Waals surface area (Å²) in [6.07, 6.45) is 12.5. The van der Waals surface area contributed by atoms with Gasteiger partial charge in [-0.25, -0.2) is 0 Å². The highest BCUT2D eigenvalue weighted by Crippen LogP contribution is 2.27. The Bertz CT molecular complexity index is 248. The Morgan fingerprint density at radius 3 is 2.00 bits per heavy atom. The average Bonchev–Trinajstić information content (AvgIpc) is 2.38. The molecule has 0 bridgehead atoms. The fraction of sp³-hybridized carbons (Fsp3) is 0.867. The minimum atomic E-state index is -0.345. The van der Waals surface area contributed by atoms with Crippen molar-refractivity contribution in [2.75, 3.05) is 0 Å². The Morgan fingerprint density at radius 1 is 0.812 bits per heavy atom. The van der Waals surface area contributed by atoms with Crippen LogP contribution in [0.1, 0.15) is 64.2 Å². The summed E-state index contributed by atoms with van der Waals surface area (Å²) in [5, 5.41) is 10.0. The van der Waals surface area contributed by atoms with Gasteiger partial charge in [-0.3, -0.25) is 0 Å². The summed E-state index contributed by atoms with van der Waals surface area (Å²) in [5.74, 6) is 7.48. The fourth-order valence-corrected chi connectivity index (χ4v) is 3.02. The second-order valence-corrected chi connectivity index (χ2v) is 5.47. The quantitative estimate of drug-likeness (QED) is 0.670. The number of rotatable bonds is 1. The van der Waals surface area contributed by atoms with Crippen LogP contribution in [0.4, 0.5) is 0 Å². The van der Waals surface area contributed by atoms with Crippen molar-refractivity contribution < 1.29 is 5.11 Å². The van der Waals surface area contributed by atoms with Gasteiger partial charge in [-0.1, -0.05) is 50.4 Å². The van der Waals surface area contributed by atoms with E-state index in [1.807, 2.05) is 0 Å². The predicted molar refractivity (Wildman–Crippen MR) is 66.9 cm³/mol. The van der Waals surface area contributed by atoms with Crippen molar-refractivity contribution in [3.8, 4) is 11.8 Å². The van der Waals surface area contributed by atoms with Crippen molar-refractivity contribution >= 4 is 0 Å². The van der Waals surface area contributed by atoms with E-state index in [0.29, 0.717) is 11.8 Å². The van der Waals surface area contributed by atoms with Gasteiger partial charge in [0.05, 0.1) is 0 Å². The molecule has 0 amide bonds. The van der Waals surface area contributed by atoms with Crippen LogP contribution in [-0.2, 0) is 0 Å². The number of hydrogen-bond donors (Lipinski definition) is 1. The van der Waals surface area contributed by atoms with Crippen LogP contribution in [0.3, 0.4) is 0 Å². The molecule has 2 fully saturated rings. The Morgan fingerprint density at radius 2 is 1.38 bits per heavy atom. The first-order valence-electron chi connectivity index (χ1n) is 7.05. The summed E-state index contributed by atoms with van der Waals surface area (Å²) in [5.41, 5.74) is 0. The monoisotopic (exact) mass is 220 g/mol. The molecule has 0 radical (unpaired) electrons.